The van der Waals surface area contributed by atoms with Gasteiger partial charge in [0.1, 0.15) is 17.4 Å². The number of hydrogen-bond donors (Lipinski definition) is 0. The number of methoxy groups -OCH3 is 3. The maximum Gasteiger partial charge on any atom is 0.320 e. The fourth-order valence-electron chi connectivity index (χ4n) is 2.18. The van der Waals surface area contributed by atoms with Gasteiger partial charge < -0.3 is 14.2 Å². The number of esters is 2. The maximum absolute atomic E-state index is 14.5. The van der Waals surface area contributed by atoms with Gasteiger partial charge in [0.05, 0.1) is 31.3 Å². The summed E-state index contributed by atoms with van der Waals surface area (Å²) >= 11 is 0. The molecule has 0 aliphatic carbocycles. The Morgan fingerprint density at radius 2 is 1.75 bits per heavy atom. The Morgan fingerprint density at radius 3 is 2.12 bits per heavy atom. The van der Waals surface area contributed by atoms with Crippen molar-refractivity contribution in [3.05, 3.63) is 39.4 Å². The number of carbonyl (C=O) groups excluding carboxylic acids is 2. The molecule has 0 radical (unpaired) electrons. The van der Waals surface area contributed by atoms with E-state index in [0.717, 1.165) is 14.2 Å². The molecule has 24 heavy (non-hydrogen) atoms. The summed E-state index contributed by atoms with van der Waals surface area (Å²) in [6.45, 7) is -1.21. The number of ether oxygens (including phenoxy) is 3. The van der Waals surface area contributed by atoms with Crippen LogP contribution in [0.1, 0.15) is 15.6 Å². The second-order valence-electron chi connectivity index (χ2n) is 4.55. The van der Waals surface area contributed by atoms with Crippen LogP contribution in [0.15, 0.2) is 12.1 Å². The minimum absolute atomic E-state index is 0.476. The van der Waals surface area contributed by atoms with Crippen LogP contribution in [-0.2, 0) is 19.1 Å². The highest BCUT2D eigenvalue weighted by atomic mass is 19.1. The Kier molecular flexibility index (Phi) is 5.04. The van der Waals surface area contributed by atoms with Crippen molar-refractivity contribution in [1.82, 2.24) is 0 Å². The van der Waals surface area contributed by atoms with Crippen LogP contribution < -0.4 is 4.74 Å². The number of nitrogens with zero attached hydrogens (tertiary/aromatic N) is 1. The second-order valence-corrected chi connectivity index (χ2v) is 4.55. The average Bonchev–Trinajstić information content (AvgIpc) is 2.51. The van der Waals surface area contributed by atoms with E-state index in [9.17, 15) is 28.5 Å². The Bertz CT molecular complexity index is 703. The maximum atomic E-state index is 14.5. The van der Waals surface area contributed by atoms with E-state index in [1.54, 1.807) is 0 Å². The summed E-state index contributed by atoms with van der Waals surface area (Å²) in [4.78, 5) is 33.8. The minimum atomic E-state index is -3.00. The molecule has 0 aromatic heterocycles. The van der Waals surface area contributed by atoms with E-state index in [-0.39, 0.29) is 0 Å². The van der Waals surface area contributed by atoms with E-state index in [4.69, 9.17) is 4.11 Å². The molecule has 0 N–H and O–H groups in total. The average molecular weight is 350 g/mol. The van der Waals surface area contributed by atoms with Crippen molar-refractivity contribution in [2.24, 2.45) is 5.92 Å². The SMILES string of the molecule is [2H]C([2H])([2H])Oc1cc(F)c([C@H](C[N+](=O)[O-])C(C(=O)OC)C(=O)OC)c(F)c1. The molecule has 1 rings (SSSR count). The van der Waals surface area contributed by atoms with Crippen LogP contribution in [0.25, 0.3) is 0 Å². The molecule has 0 unspecified atom stereocenters. The van der Waals surface area contributed by atoms with Gasteiger partial charge in [0.15, 0.2) is 5.92 Å². The predicted octanol–water partition coefficient (Wildman–Crippen LogP) is 1.30. The van der Waals surface area contributed by atoms with Gasteiger partial charge in [-0.25, -0.2) is 8.78 Å². The third-order valence-corrected chi connectivity index (χ3v) is 3.20. The normalized spacial score (nSPS) is 14.1. The molecule has 0 heterocycles. The van der Waals surface area contributed by atoms with Crippen molar-refractivity contribution < 1.29 is 41.6 Å². The fourth-order valence-corrected chi connectivity index (χ4v) is 2.18. The van der Waals surface area contributed by atoms with Crippen LogP contribution in [0.2, 0.25) is 0 Å². The highest BCUT2D eigenvalue weighted by Crippen LogP contribution is 2.33. The molecule has 8 nitrogen and oxygen atoms in total. The molecule has 1 aromatic rings. The lowest BCUT2D eigenvalue weighted by atomic mass is 9.85. The smallest absolute Gasteiger partial charge is 0.320 e. The molecule has 10 heteroatoms. The molecule has 0 bridgehead atoms. The molecule has 132 valence electrons. The standard InChI is InChI=1S/C14H15F2NO7/c1-22-7-4-9(15)11(10(16)5-7)8(6-17(20)21)12(13(18)23-2)14(19)24-3/h4-5,8,12H,6H2,1-3H3/t8-/m0/s1/i1D3. The summed E-state index contributed by atoms with van der Waals surface area (Å²) in [6, 6.07) is 0.951. The Morgan fingerprint density at radius 1 is 1.25 bits per heavy atom. The minimum Gasteiger partial charge on any atom is -0.497 e. The van der Waals surface area contributed by atoms with Crippen molar-refractivity contribution in [3.8, 4) is 5.75 Å². The third kappa shape index (κ3) is 4.15. The number of hydrogen-bond acceptors (Lipinski definition) is 7. The van der Waals surface area contributed by atoms with Crippen molar-refractivity contribution >= 4 is 11.9 Å². The lowest BCUT2D eigenvalue weighted by Gasteiger charge is -2.21. The van der Waals surface area contributed by atoms with Crippen LogP contribution >= 0.6 is 0 Å². The molecule has 0 saturated heterocycles. The fraction of sp³-hybridized carbons (Fsp3) is 0.429. The zero-order valence-electron chi connectivity index (χ0n) is 15.6. The first kappa shape index (κ1) is 14.8. The lowest BCUT2D eigenvalue weighted by Crippen LogP contribution is -2.36. The summed E-state index contributed by atoms with van der Waals surface area (Å²) in [6.07, 6.45) is 0. The zero-order valence-corrected chi connectivity index (χ0v) is 12.6. The van der Waals surface area contributed by atoms with E-state index < -0.39 is 65.2 Å². The van der Waals surface area contributed by atoms with Crippen LogP contribution in [0.3, 0.4) is 0 Å². The van der Waals surface area contributed by atoms with Crippen LogP contribution in [0.4, 0.5) is 8.78 Å². The van der Waals surface area contributed by atoms with E-state index in [1.807, 2.05) is 0 Å². The zero-order chi connectivity index (χ0) is 20.9. The number of rotatable bonds is 7. The molecule has 0 aliphatic rings. The van der Waals surface area contributed by atoms with Gasteiger partial charge in [-0.1, -0.05) is 0 Å². The first-order valence-corrected chi connectivity index (χ1v) is 6.36. The molecular weight excluding hydrogens is 332 g/mol. The monoisotopic (exact) mass is 350 g/mol. The van der Waals surface area contributed by atoms with Crippen molar-refractivity contribution in [1.29, 1.82) is 0 Å². The van der Waals surface area contributed by atoms with E-state index in [1.165, 1.54) is 0 Å². The molecule has 0 aliphatic heterocycles. The van der Waals surface area contributed by atoms with Crippen LogP contribution in [-0.4, -0.2) is 44.7 Å². The van der Waals surface area contributed by atoms with Gasteiger partial charge in [-0.05, 0) is 0 Å². The number of benzene rings is 1. The highest BCUT2D eigenvalue weighted by molar-refractivity contribution is 5.96. The van der Waals surface area contributed by atoms with Gasteiger partial charge in [0.25, 0.3) is 0 Å². The quantitative estimate of drug-likeness (QED) is 0.316. The van der Waals surface area contributed by atoms with E-state index in [2.05, 4.69) is 14.2 Å². The van der Waals surface area contributed by atoms with Crippen molar-refractivity contribution in [2.45, 2.75) is 5.92 Å². The highest BCUT2D eigenvalue weighted by Gasteiger charge is 2.43. The van der Waals surface area contributed by atoms with Gasteiger partial charge in [0.2, 0.25) is 6.54 Å². The Balaban J connectivity index is 3.52. The van der Waals surface area contributed by atoms with Gasteiger partial charge in [-0.15, -0.1) is 0 Å². The first-order chi connectivity index (χ1) is 12.4. The molecule has 0 amide bonds. The van der Waals surface area contributed by atoms with Gasteiger partial charge in [-0.2, -0.15) is 0 Å². The molecule has 1 aromatic carbocycles. The molecule has 0 fully saturated rings. The lowest BCUT2D eigenvalue weighted by molar-refractivity contribution is -0.484. The summed E-state index contributed by atoms with van der Waals surface area (Å²) in [7, 11) is -1.25. The van der Waals surface area contributed by atoms with Gasteiger partial charge >= 0.3 is 11.9 Å². The molecule has 0 spiro atoms. The van der Waals surface area contributed by atoms with Crippen LogP contribution in [0.5, 0.6) is 5.75 Å². The van der Waals surface area contributed by atoms with Crippen molar-refractivity contribution in [2.75, 3.05) is 27.8 Å². The third-order valence-electron chi connectivity index (χ3n) is 3.20. The van der Waals surface area contributed by atoms with Crippen LogP contribution in [0, 0.1) is 27.7 Å². The predicted molar refractivity (Wildman–Crippen MR) is 75.0 cm³/mol. The summed E-state index contributed by atoms with van der Waals surface area (Å²) in [5.41, 5.74) is -0.981. The number of halogens is 2. The summed E-state index contributed by atoms with van der Waals surface area (Å²) in [5.74, 6) is -10.1. The Labute approximate surface area is 139 Å². The Hall–Kier alpha value is -2.78. The number of carbonyl (C=O) groups is 2. The molecule has 1 atom stereocenters. The van der Waals surface area contributed by atoms with Crippen molar-refractivity contribution in [3.63, 3.8) is 0 Å². The number of nitro groups is 1. The molecule has 0 saturated carbocycles. The largest absolute Gasteiger partial charge is 0.497 e. The first-order valence-electron chi connectivity index (χ1n) is 7.86. The second kappa shape index (κ2) is 8.18. The summed E-state index contributed by atoms with van der Waals surface area (Å²) in [5, 5.41) is 10.9. The topological polar surface area (TPSA) is 105 Å². The van der Waals surface area contributed by atoms with E-state index >= 15 is 0 Å². The van der Waals surface area contributed by atoms with E-state index in [0.29, 0.717) is 12.1 Å². The summed E-state index contributed by atoms with van der Waals surface area (Å²) < 4.78 is 62.8. The molecular formula is C14H15F2NO7. The van der Waals surface area contributed by atoms with Gasteiger partial charge in [0, 0.05) is 22.6 Å². The van der Waals surface area contributed by atoms with Gasteiger partial charge in [-0.3, -0.25) is 19.7 Å².